The van der Waals surface area contributed by atoms with Gasteiger partial charge in [-0.2, -0.15) is 0 Å². The highest BCUT2D eigenvalue weighted by atomic mass is 32.2. The number of carbonyl (C=O) groups excluding carboxylic acids is 2. The molecule has 0 N–H and O–H groups in total. The van der Waals surface area contributed by atoms with Crippen molar-refractivity contribution in [3.63, 3.8) is 0 Å². The number of rotatable bonds is 4. The SMILES string of the molecule is N#[N+]c1ccc(Sc2cccc3c2C(=O)c2cccc(Sc4ccc([N+]#N)cc4)c2C3=O)cc1. The molecule has 1 aliphatic carbocycles. The van der Waals surface area contributed by atoms with Gasteiger partial charge in [0.1, 0.15) is 0 Å². The molecule has 0 aliphatic heterocycles. The monoisotopic (exact) mass is 478 g/mol. The van der Waals surface area contributed by atoms with E-state index in [0.29, 0.717) is 43.4 Å². The van der Waals surface area contributed by atoms with Gasteiger partial charge in [-0.25, -0.2) is 0 Å². The Morgan fingerprint density at radius 1 is 0.529 bits per heavy atom. The second kappa shape index (κ2) is 8.95. The van der Waals surface area contributed by atoms with Gasteiger partial charge in [-0.15, -0.1) is 0 Å². The molecule has 5 rings (SSSR count). The van der Waals surface area contributed by atoms with E-state index in [9.17, 15) is 9.59 Å². The van der Waals surface area contributed by atoms with Crippen LogP contribution in [0, 0.1) is 10.8 Å². The summed E-state index contributed by atoms with van der Waals surface area (Å²) in [5.41, 5.74) is 2.43. The molecule has 160 valence electrons. The molecule has 0 atom stereocenters. The minimum absolute atomic E-state index is 0.188. The third kappa shape index (κ3) is 3.86. The van der Waals surface area contributed by atoms with Crippen molar-refractivity contribution in [3.05, 3.63) is 117 Å². The molecule has 4 aromatic carbocycles. The molecule has 0 saturated carbocycles. The highest BCUT2D eigenvalue weighted by Gasteiger charge is 2.33. The Bertz CT molecular complexity index is 1430. The summed E-state index contributed by atoms with van der Waals surface area (Å²) in [5.74, 6) is -0.377. The zero-order chi connectivity index (χ0) is 23.7. The van der Waals surface area contributed by atoms with Gasteiger partial charge in [-0.3, -0.25) is 9.59 Å². The molecular formula is C26H14N4O2S2+2. The van der Waals surface area contributed by atoms with Gasteiger partial charge in [-0.1, -0.05) is 47.8 Å². The van der Waals surface area contributed by atoms with Crippen LogP contribution in [0.25, 0.3) is 9.95 Å². The highest BCUT2D eigenvalue weighted by molar-refractivity contribution is 7.99. The van der Waals surface area contributed by atoms with Crippen molar-refractivity contribution in [2.75, 3.05) is 0 Å². The first kappa shape index (κ1) is 21.6. The molecule has 0 amide bonds. The minimum atomic E-state index is -0.188. The number of carbonyl (C=O) groups is 2. The molecule has 0 spiro atoms. The van der Waals surface area contributed by atoms with E-state index in [4.69, 9.17) is 10.8 Å². The summed E-state index contributed by atoms with van der Waals surface area (Å²) in [7, 11) is 0. The molecule has 0 unspecified atom stereocenters. The Balaban J connectivity index is 1.53. The summed E-state index contributed by atoms with van der Waals surface area (Å²) in [5, 5.41) is 17.8. The summed E-state index contributed by atoms with van der Waals surface area (Å²) in [6.07, 6.45) is 0. The lowest BCUT2D eigenvalue weighted by molar-refractivity contribution is 0.0974. The highest BCUT2D eigenvalue weighted by Crippen LogP contribution is 2.41. The average molecular weight is 479 g/mol. The van der Waals surface area contributed by atoms with Crippen LogP contribution in [0.15, 0.2) is 105 Å². The smallest absolute Gasteiger partial charge is 0.289 e. The van der Waals surface area contributed by atoms with Crippen molar-refractivity contribution in [2.24, 2.45) is 0 Å². The second-order valence-electron chi connectivity index (χ2n) is 7.41. The summed E-state index contributed by atoms with van der Waals surface area (Å²) in [4.78, 5) is 36.6. The fourth-order valence-corrected chi connectivity index (χ4v) is 5.72. The van der Waals surface area contributed by atoms with E-state index in [-0.39, 0.29) is 11.6 Å². The normalized spacial score (nSPS) is 11.8. The van der Waals surface area contributed by atoms with E-state index in [0.717, 1.165) is 9.79 Å². The molecule has 8 heteroatoms. The number of diazo groups is 2. The van der Waals surface area contributed by atoms with E-state index < -0.39 is 0 Å². The first-order chi connectivity index (χ1) is 16.6. The fourth-order valence-electron chi connectivity index (χ4n) is 3.76. The lowest BCUT2D eigenvalue weighted by Gasteiger charge is -2.22. The Morgan fingerprint density at radius 3 is 1.26 bits per heavy atom. The molecule has 6 nitrogen and oxygen atoms in total. The zero-order valence-electron chi connectivity index (χ0n) is 17.5. The van der Waals surface area contributed by atoms with Crippen LogP contribution in [0.1, 0.15) is 31.8 Å². The predicted molar refractivity (Wildman–Crippen MR) is 130 cm³/mol. The number of benzene rings is 4. The molecule has 34 heavy (non-hydrogen) atoms. The Kier molecular flexibility index (Phi) is 5.69. The number of fused-ring (bicyclic) bond motifs is 2. The van der Waals surface area contributed by atoms with Crippen LogP contribution in [-0.2, 0) is 0 Å². The quantitative estimate of drug-likeness (QED) is 0.245. The summed E-state index contributed by atoms with van der Waals surface area (Å²) in [6, 6.07) is 24.5. The maximum Gasteiger partial charge on any atom is 0.385 e. The summed E-state index contributed by atoms with van der Waals surface area (Å²) in [6.45, 7) is 0. The van der Waals surface area contributed by atoms with Gasteiger partial charge in [-0.05, 0) is 36.4 Å². The van der Waals surface area contributed by atoms with Crippen LogP contribution in [0.5, 0.6) is 0 Å². The lowest BCUT2D eigenvalue weighted by Crippen LogP contribution is -2.22. The third-order valence-corrected chi connectivity index (χ3v) is 7.49. The van der Waals surface area contributed by atoms with Crippen LogP contribution in [0.2, 0.25) is 0 Å². The van der Waals surface area contributed by atoms with Crippen molar-refractivity contribution >= 4 is 46.5 Å². The Labute approximate surface area is 203 Å². The topological polar surface area (TPSA) is 90.4 Å². The molecule has 0 bridgehead atoms. The molecule has 4 aromatic rings. The number of hydrogen-bond acceptors (Lipinski definition) is 6. The van der Waals surface area contributed by atoms with Gasteiger partial charge in [0.05, 0.1) is 0 Å². The van der Waals surface area contributed by atoms with Gasteiger partial charge in [0.25, 0.3) is 0 Å². The van der Waals surface area contributed by atoms with Gasteiger partial charge in [0.15, 0.2) is 21.5 Å². The first-order valence-electron chi connectivity index (χ1n) is 10.2. The minimum Gasteiger partial charge on any atom is -0.289 e. The van der Waals surface area contributed by atoms with Crippen LogP contribution >= 0.6 is 23.5 Å². The van der Waals surface area contributed by atoms with Gasteiger partial charge in [0.2, 0.25) is 10.8 Å². The second-order valence-corrected chi connectivity index (χ2v) is 9.64. The molecule has 0 radical (unpaired) electrons. The maximum atomic E-state index is 13.6. The lowest BCUT2D eigenvalue weighted by atomic mass is 9.84. The van der Waals surface area contributed by atoms with Crippen molar-refractivity contribution in [1.29, 1.82) is 10.8 Å². The number of hydrogen-bond donors (Lipinski definition) is 0. The van der Waals surface area contributed by atoms with Crippen molar-refractivity contribution in [3.8, 4) is 0 Å². The fraction of sp³-hybridized carbons (Fsp3) is 0. The first-order valence-corrected chi connectivity index (χ1v) is 11.8. The van der Waals surface area contributed by atoms with Crippen molar-refractivity contribution in [2.45, 2.75) is 19.6 Å². The predicted octanol–water partition coefficient (Wildman–Crippen LogP) is 7.73. The van der Waals surface area contributed by atoms with Crippen molar-refractivity contribution < 1.29 is 9.59 Å². The molecule has 0 saturated heterocycles. The largest absolute Gasteiger partial charge is 0.385 e. The summed E-state index contributed by atoms with van der Waals surface area (Å²) >= 11 is 2.76. The number of nitrogens with zero attached hydrogens (tertiary/aromatic N) is 4. The Hall–Kier alpha value is -4.24. The molecule has 0 fully saturated rings. The Morgan fingerprint density at radius 2 is 0.912 bits per heavy atom. The average Bonchev–Trinajstić information content (AvgIpc) is 2.88. The number of ketones is 2. The van der Waals surface area contributed by atoms with E-state index in [1.807, 2.05) is 12.1 Å². The van der Waals surface area contributed by atoms with Crippen LogP contribution in [0.3, 0.4) is 0 Å². The molecule has 0 aromatic heterocycles. The van der Waals surface area contributed by atoms with E-state index in [1.54, 1.807) is 72.8 Å². The zero-order valence-corrected chi connectivity index (χ0v) is 19.1. The molecular weight excluding hydrogens is 464 g/mol. The standard InChI is InChI=1S/C26H14N4O2S2/c27-29-15-7-11-17(12-8-15)33-21-5-1-3-19-23(21)26(32)20-4-2-6-22(24(20)25(19)31)34-18-13-9-16(30-28)10-14-18/h1-14H/q+2. The van der Waals surface area contributed by atoms with Gasteiger partial charge < -0.3 is 0 Å². The summed E-state index contributed by atoms with van der Waals surface area (Å²) < 4.78 is 0. The van der Waals surface area contributed by atoms with E-state index in [2.05, 4.69) is 9.95 Å². The molecule has 1 aliphatic rings. The van der Waals surface area contributed by atoms with Crippen LogP contribution in [0.4, 0.5) is 11.4 Å². The van der Waals surface area contributed by atoms with Crippen molar-refractivity contribution in [1.82, 2.24) is 0 Å². The van der Waals surface area contributed by atoms with Crippen LogP contribution < -0.4 is 0 Å². The van der Waals surface area contributed by atoms with E-state index >= 15 is 0 Å². The van der Waals surface area contributed by atoms with Gasteiger partial charge in [0, 0.05) is 66.1 Å². The third-order valence-electron chi connectivity index (χ3n) is 5.36. The van der Waals surface area contributed by atoms with Crippen LogP contribution in [-0.4, -0.2) is 11.6 Å². The van der Waals surface area contributed by atoms with Gasteiger partial charge >= 0.3 is 11.4 Å². The maximum absolute atomic E-state index is 13.6. The molecule has 0 heterocycles. The van der Waals surface area contributed by atoms with E-state index in [1.165, 1.54) is 23.5 Å².